The third kappa shape index (κ3) is 3.06. The molecule has 0 aromatic heterocycles. The summed E-state index contributed by atoms with van der Waals surface area (Å²) in [5.74, 6) is -0.855. The molecule has 3 aromatic carbocycles. The molecular weight excluding hydrogens is 368 g/mol. The van der Waals surface area contributed by atoms with E-state index >= 15 is 0 Å². The first-order valence-corrected chi connectivity index (χ1v) is 9.68. The van der Waals surface area contributed by atoms with Crippen molar-refractivity contribution in [2.75, 3.05) is 31.2 Å². The first-order valence-electron chi connectivity index (χ1n) is 9.68. The number of anilines is 1. The number of hydrogen-bond donors (Lipinski definition) is 0. The summed E-state index contributed by atoms with van der Waals surface area (Å²) in [4.78, 5) is 34.0. The highest BCUT2D eigenvalue weighted by molar-refractivity contribution is 6.26. The van der Waals surface area contributed by atoms with Gasteiger partial charge in [0.15, 0.2) is 0 Å². The highest BCUT2D eigenvalue weighted by Gasteiger charge is 2.35. The maximum Gasteiger partial charge on any atom is 0.285 e. The van der Waals surface area contributed by atoms with Gasteiger partial charge in [0.1, 0.15) is 6.61 Å². The molecule has 1 saturated heterocycles. The third-order valence-corrected chi connectivity index (χ3v) is 5.40. The van der Waals surface area contributed by atoms with E-state index in [-0.39, 0.29) is 6.61 Å². The van der Waals surface area contributed by atoms with Crippen LogP contribution in [-0.4, -0.2) is 43.2 Å². The Morgan fingerprint density at radius 3 is 2.31 bits per heavy atom. The molecule has 0 bridgehead atoms. The van der Waals surface area contributed by atoms with Crippen LogP contribution >= 0.6 is 0 Å². The first-order chi connectivity index (χ1) is 14.2. The number of benzene rings is 3. The van der Waals surface area contributed by atoms with Crippen LogP contribution in [0.4, 0.5) is 5.69 Å². The predicted octanol–water partition coefficient (Wildman–Crippen LogP) is 3.40. The molecule has 0 spiro atoms. The summed E-state index contributed by atoms with van der Waals surface area (Å²) in [5.41, 5.74) is 2.88. The van der Waals surface area contributed by atoms with E-state index < -0.39 is 11.8 Å². The minimum atomic E-state index is -0.428. The molecule has 3 aromatic rings. The molecule has 2 aliphatic rings. The molecule has 0 unspecified atom stereocenters. The monoisotopic (exact) mass is 388 g/mol. The fourth-order valence-corrected chi connectivity index (χ4v) is 3.97. The predicted molar refractivity (Wildman–Crippen MR) is 109 cm³/mol. The summed E-state index contributed by atoms with van der Waals surface area (Å²) in [6.07, 6.45) is 0. The van der Waals surface area contributed by atoms with E-state index in [4.69, 9.17) is 9.57 Å². The quantitative estimate of drug-likeness (QED) is 0.641. The van der Waals surface area contributed by atoms with Gasteiger partial charge in [-0.1, -0.05) is 42.5 Å². The minimum Gasteiger partial charge on any atom is -0.378 e. The number of morpholine rings is 1. The smallest absolute Gasteiger partial charge is 0.285 e. The second kappa shape index (κ2) is 7.31. The van der Waals surface area contributed by atoms with Crippen molar-refractivity contribution in [2.45, 2.75) is 6.61 Å². The van der Waals surface area contributed by atoms with Crippen LogP contribution in [0, 0.1) is 0 Å². The zero-order valence-corrected chi connectivity index (χ0v) is 15.8. The van der Waals surface area contributed by atoms with Crippen molar-refractivity contribution in [3.8, 4) is 0 Å². The lowest BCUT2D eigenvalue weighted by atomic mass is 9.93. The SMILES string of the molecule is O=C1c2cccc3c(N4CCOCC4)ccc(c23)C(=O)N1OCc1ccccc1. The topological polar surface area (TPSA) is 59.1 Å². The second-order valence-electron chi connectivity index (χ2n) is 7.12. The van der Waals surface area contributed by atoms with Gasteiger partial charge in [-0.25, -0.2) is 0 Å². The minimum absolute atomic E-state index is 0.148. The van der Waals surface area contributed by atoms with Crippen LogP contribution in [0.25, 0.3) is 10.8 Å². The average molecular weight is 388 g/mol. The maximum atomic E-state index is 13.1. The van der Waals surface area contributed by atoms with Crippen LogP contribution in [0.5, 0.6) is 0 Å². The van der Waals surface area contributed by atoms with Crippen LogP contribution in [0.2, 0.25) is 0 Å². The Morgan fingerprint density at radius 2 is 1.55 bits per heavy atom. The van der Waals surface area contributed by atoms with Crippen LogP contribution in [0.15, 0.2) is 60.7 Å². The van der Waals surface area contributed by atoms with Crippen molar-refractivity contribution in [1.29, 1.82) is 0 Å². The Kier molecular flexibility index (Phi) is 4.50. The number of nitrogens with zero attached hydrogens (tertiary/aromatic N) is 2. The Hall–Kier alpha value is -3.22. The van der Waals surface area contributed by atoms with E-state index in [2.05, 4.69) is 4.90 Å². The molecule has 2 aliphatic heterocycles. The molecule has 146 valence electrons. The van der Waals surface area contributed by atoms with E-state index in [0.717, 1.165) is 34.8 Å². The van der Waals surface area contributed by atoms with Crippen molar-refractivity contribution in [1.82, 2.24) is 5.06 Å². The number of hydroxylamine groups is 2. The summed E-state index contributed by atoms with van der Waals surface area (Å²) in [6, 6.07) is 18.8. The summed E-state index contributed by atoms with van der Waals surface area (Å²) >= 11 is 0. The second-order valence-corrected chi connectivity index (χ2v) is 7.12. The van der Waals surface area contributed by atoms with Crippen molar-refractivity contribution < 1.29 is 19.2 Å². The maximum absolute atomic E-state index is 13.1. The molecule has 0 N–H and O–H groups in total. The number of hydrogen-bond acceptors (Lipinski definition) is 5. The standard InChI is InChI=1S/C23H20N2O4/c26-22-18-8-4-7-17-20(24-11-13-28-14-12-24)10-9-19(21(17)18)23(27)25(22)29-15-16-5-2-1-3-6-16/h1-10H,11-15H2. The molecule has 6 heteroatoms. The lowest BCUT2D eigenvalue weighted by molar-refractivity contribution is -0.104. The van der Waals surface area contributed by atoms with Crippen LogP contribution < -0.4 is 4.90 Å². The van der Waals surface area contributed by atoms with Gasteiger partial charge in [0.2, 0.25) is 0 Å². The van der Waals surface area contributed by atoms with Gasteiger partial charge in [0, 0.05) is 29.5 Å². The van der Waals surface area contributed by atoms with E-state index in [9.17, 15) is 9.59 Å². The van der Waals surface area contributed by atoms with Crippen molar-refractivity contribution in [3.63, 3.8) is 0 Å². The molecule has 2 amide bonds. The van der Waals surface area contributed by atoms with Crippen molar-refractivity contribution >= 4 is 28.3 Å². The molecule has 1 fully saturated rings. The van der Waals surface area contributed by atoms with Crippen LogP contribution in [0.1, 0.15) is 26.3 Å². The van der Waals surface area contributed by atoms with Gasteiger partial charge in [0.05, 0.1) is 24.3 Å². The highest BCUT2D eigenvalue weighted by atomic mass is 16.7. The van der Waals surface area contributed by atoms with E-state index in [0.29, 0.717) is 29.7 Å². The zero-order chi connectivity index (χ0) is 19.8. The number of amides is 2. The molecule has 29 heavy (non-hydrogen) atoms. The van der Waals surface area contributed by atoms with Crippen molar-refractivity contribution in [3.05, 3.63) is 77.4 Å². The fraction of sp³-hybridized carbons (Fsp3) is 0.217. The molecule has 2 heterocycles. The lowest BCUT2D eigenvalue weighted by Gasteiger charge is -2.32. The summed E-state index contributed by atoms with van der Waals surface area (Å²) in [6.45, 7) is 3.05. The number of rotatable bonds is 4. The Labute approximate surface area is 168 Å². The number of imide groups is 1. The summed E-state index contributed by atoms with van der Waals surface area (Å²) in [7, 11) is 0. The molecule has 6 nitrogen and oxygen atoms in total. The van der Waals surface area contributed by atoms with E-state index in [1.807, 2.05) is 48.5 Å². The molecule has 0 aliphatic carbocycles. The lowest BCUT2D eigenvalue weighted by Crippen LogP contribution is -2.40. The largest absolute Gasteiger partial charge is 0.378 e. The van der Waals surface area contributed by atoms with Gasteiger partial charge in [-0.15, -0.1) is 5.06 Å². The van der Waals surface area contributed by atoms with Crippen LogP contribution in [-0.2, 0) is 16.2 Å². The normalized spacial score (nSPS) is 16.6. The number of ether oxygens (including phenoxy) is 1. The Morgan fingerprint density at radius 1 is 0.828 bits per heavy atom. The molecule has 0 radical (unpaired) electrons. The zero-order valence-electron chi connectivity index (χ0n) is 15.8. The van der Waals surface area contributed by atoms with Gasteiger partial charge in [-0.3, -0.25) is 14.4 Å². The molecule has 0 saturated carbocycles. The third-order valence-electron chi connectivity index (χ3n) is 5.40. The van der Waals surface area contributed by atoms with Gasteiger partial charge >= 0.3 is 0 Å². The van der Waals surface area contributed by atoms with Gasteiger partial charge in [0.25, 0.3) is 11.8 Å². The van der Waals surface area contributed by atoms with Gasteiger partial charge in [-0.2, -0.15) is 0 Å². The van der Waals surface area contributed by atoms with Crippen molar-refractivity contribution in [2.24, 2.45) is 0 Å². The highest BCUT2D eigenvalue weighted by Crippen LogP contribution is 2.36. The molecule has 0 atom stereocenters. The van der Waals surface area contributed by atoms with Gasteiger partial charge in [-0.05, 0) is 23.8 Å². The number of carbonyl (C=O) groups is 2. The van der Waals surface area contributed by atoms with E-state index in [1.165, 1.54) is 0 Å². The summed E-state index contributed by atoms with van der Waals surface area (Å²) < 4.78 is 5.45. The Balaban J connectivity index is 1.52. The molecule has 5 rings (SSSR count). The van der Waals surface area contributed by atoms with Crippen LogP contribution in [0.3, 0.4) is 0 Å². The van der Waals surface area contributed by atoms with E-state index in [1.54, 1.807) is 12.1 Å². The van der Waals surface area contributed by atoms with Gasteiger partial charge < -0.3 is 9.64 Å². The first kappa shape index (κ1) is 17.8. The fourth-order valence-electron chi connectivity index (χ4n) is 3.97. The average Bonchev–Trinajstić information content (AvgIpc) is 2.78. The Bertz CT molecular complexity index is 1070. The molecular formula is C23H20N2O4. The number of carbonyl (C=O) groups excluding carboxylic acids is 2. The summed E-state index contributed by atoms with van der Waals surface area (Å²) in [5, 5.41) is 2.50.